The molecule has 0 atom stereocenters. The van der Waals surface area contributed by atoms with E-state index in [9.17, 15) is 22.8 Å². The monoisotopic (exact) mass is 466 g/mol. The minimum Gasteiger partial charge on any atom is -0.323 e. The van der Waals surface area contributed by atoms with E-state index in [2.05, 4.69) is 20.4 Å². The van der Waals surface area contributed by atoms with E-state index >= 15 is 0 Å². The number of hydrogen-bond donors (Lipinski definition) is 1. The standard InChI is InChI=1S/C18H13F3N6O2S2/c1-26-16(29)11-4-5-30-15(11)25-17(26)31-7-14(28)24-12-6-10(18(19,20)21)2-3-13(12)27-9-22-8-23-27/h2-6,8-9H,7H2,1H3,(H,24,28). The van der Waals surface area contributed by atoms with Crippen LogP contribution in [0.15, 0.2) is 52.3 Å². The van der Waals surface area contributed by atoms with Crippen molar-refractivity contribution >= 4 is 44.9 Å². The summed E-state index contributed by atoms with van der Waals surface area (Å²) < 4.78 is 42.0. The van der Waals surface area contributed by atoms with Gasteiger partial charge in [0.1, 0.15) is 17.5 Å². The van der Waals surface area contributed by atoms with Gasteiger partial charge in [-0.25, -0.2) is 14.6 Å². The summed E-state index contributed by atoms with van der Waals surface area (Å²) in [5, 5.41) is 8.96. The minimum atomic E-state index is -4.58. The van der Waals surface area contributed by atoms with Gasteiger partial charge in [0, 0.05) is 7.05 Å². The Morgan fingerprint density at radius 3 is 2.81 bits per heavy atom. The molecule has 0 spiro atoms. The molecule has 3 heterocycles. The maximum absolute atomic E-state index is 13.1. The van der Waals surface area contributed by atoms with Gasteiger partial charge in [-0.2, -0.15) is 18.3 Å². The molecule has 4 aromatic rings. The number of fused-ring (bicyclic) bond motifs is 1. The summed E-state index contributed by atoms with van der Waals surface area (Å²) >= 11 is 2.31. The fourth-order valence-electron chi connectivity index (χ4n) is 2.77. The first-order chi connectivity index (χ1) is 14.7. The molecular formula is C18H13F3N6O2S2. The van der Waals surface area contributed by atoms with Gasteiger partial charge >= 0.3 is 6.18 Å². The third-order valence-electron chi connectivity index (χ3n) is 4.26. The SMILES string of the molecule is Cn1c(SCC(=O)Nc2cc(C(F)(F)F)ccc2-n2cncn2)nc2sccc2c1=O. The molecule has 0 saturated carbocycles. The van der Waals surface area contributed by atoms with Gasteiger partial charge in [-0.1, -0.05) is 11.8 Å². The summed E-state index contributed by atoms with van der Waals surface area (Å²) in [5.74, 6) is -0.726. The van der Waals surface area contributed by atoms with Crippen LogP contribution in [0.1, 0.15) is 5.56 Å². The molecule has 0 bridgehead atoms. The van der Waals surface area contributed by atoms with Crippen LogP contribution in [-0.2, 0) is 18.0 Å². The summed E-state index contributed by atoms with van der Waals surface area (Å²) in [6.07, 6.45) is -2.04. The number of thiophene rings is 1. The van der Waals surface area contributed by atoms with Crippen molar-refractivity contribution in [3.05, 3.63) is 58.2 Å². The fraction of sp³-hybridized carbons (Fsp3) is 0.167. The van der Waals surface area contributed by atoms with E-state index < -0.39 is 17.6 Å². The van der Waals surface area contributed by atoms with Crippen molar-refractivity contribution in [2.45, 2.75) is 11.3 Å². The van der Waals surface area contributed by atoms with Gasteiger partial charge in [0.15, 0.2) is 5.16 Å². The lowest BCUT2D eigenvalue weighted by atomic mass is 10.1. The molecule has 0 aliphatic heterocycles. The molecule has 0 unspecified atom stereocenters. The number of amides is 1. The number of halogens is 3. The lowest BCUT2D eigenvalue weighted by molar-refractivity contribution is -0.137. The fourth-order valence-corrected chi connectivity index (χ4v) is 4.35. The van der Waals surface area contributed by atoms with E-state index in [0.29, 0.717) is 15.4 Å². The Kier molecular flexibility index (Phi) is 5.54. The van der Waals surface area contributed by atoms with Gasteiger partial charge in [0.25, 0.3) is 5.56 Å². The largest absolute Gasteiger partial charge is 0.416 e. The van der Waals surface area contributed by atoms with Gasteiger partial charge in [0.2, 0.25) is 5.91 Å². The molecular weight excluding hydrogens is 453 g/mol. The van der Waals surface area contributed by atoms with Crippen LogP contribution in [0.4, 0.5) is 18.9 Å². The smallest absolute Gasteiger partial charge is 0.323 e. The topological polar surface area (TPSA) is 94.7 Å². The van der Waals surface area contributed by atoms with Gasteiger partial charge in [-0.3, -0.25) is 14.2 Å². The molecule has 160 valence electrons. The van der Waals surface area contributed by atoms with Crippen LogP contribution >= 0.6 is 23.1 Å². The number of anilines is 1. The zero-order valence-electron chi connectivity index (χ0n) is 15.8. The Morgan fingerprint density at radius 1 is 1.29 bits per heavy atom. The highest BCUT2D eigenvalue weighted by molar-refractivity contribution is 7.99. The van der Waals surface area contributed by atoms with Crippen LogP contribution in [0.25, 0.3) is 15.9 Å². The number of thioether (sulfide) groups is 1. The van der Waals surface area contributed by atoms with Crippen molar-refractivity contribution in [2.75, 3.05) is 11.1 Å². The van der Waals surface area contributed by atoms with Crippen molar-refractivity contribution in [1.82, 2.24) is 24.3 Å². The predicted octanol–water partition coefficient (Wildman–Crippen LogP) is 3.33. The van der Waals surface area contributed by atoms with E-state index in [1.54, 1.807) is 18.5 Å². The number of nitrogens with zero attached hydrogens (tertiary/aromatic N) is 5. The van der Waals surface area contributed by atoms with Crippen LogP contribution in [0.3, 0.4) is 0 Å². The average Bonchev–Trinajstić information content (AvgIpc) is 3.41. The van der Waals surface area contributed by atoms with Crippen molar-refractivity contribution in [2.24, 2.45) is 7.05 Å². The highest BCUT2D eigenvalue weighted by atomic mass is 32.2. The second-order valence-electron chi connectivity index (χ2n) is 6.30. The van der Waals surface area contributed by atoms with Crippen LogP contribution < -0.4 is 10.9 Å². The molecule has 0 fully saturated rings. The van der Waals surface area contributed by atoms with Crippen LogP contribution in [0.5, 0.6) is 0 Å². The molecule has 0 saturated heterocycles. The van der Waals surface area contributed by atoms with Crippen molar-refractivity contribution in [1.29, 1.82) is 0 Å². The third-order valence-corrected chi connectivity index (χ3v) is 6.10. The number of nitrogens with one attached hydrogen (secondary N) is 1. The minimum absolute atomic E-state index is 0.0681. The third kappa shape index (κ3) is 4.32. The molecule has 1 N–H and O–H groups in total. The number of hydrogen-bond acceptors (Lipinski definition) is 7. The average molecular weight is 466 g/mol. The maximum Gasteiger partial charge on any atom is 0.416 e. The Hall–Kier alpha value is -3.19. The van der Waals surface area contributed by atoms with Crippen molar-refractivity contribution < 1.29 is 18.0 Å². The number of aromatic nitrogens is 5. The quantitative estimate of drug-likeness (QED) is 0.358. The maximum atomic E-state index is 13.1. The molecule has 0 radical (unpaired) electrons. The molecule has 3 aromatic heterocycles. The second kappa shape index (κ2) is 8.15. The van der Waals surface area contributed by atoms with Crippen LogP contribution in [-0.4, -0.2) is 36.0 Å². The number of carbonyl (C=O) groups is 1. The first kappa shape index (κ1) is 21.1. The Labute approximate surface area is 180 Å². The normalized spacial score (nSPS) is 11.7. The second-order valence-corrected chi connectivity index (χ2v) is 8.14. The first-order valence-corrected chi connectivity index (χ1v) is 10.5. The Morgan fingerprint density at radius 2 is 2.10 bits per heavy atom. The Bertz CT molecular complexity index is 1310. The number of carbonyl (C=O) groups excluding carboxylic acids is 1. The molecule has 0 aliphatic rings. The van der Waals surface area contributed by atoms with E-state index in [0.717, 1.165) is 23.9 Å². The molecule has 0 aliphatic carbocycles. The predicted molar refractivity (Wildman–Crippen MR) is 111 cm³/mol. The zero-order valence-corrected chi connectivity index (χ0v) is 17.4. The van der Waals surface area contributed by atoms with E-state index in [4.69, 9.17) is 0 Å². The lowest BCUT2D eigenvalue weighted by Crippen LogP contribution is -2.21. The van der Waals surface area contributed by atoms with Crippen LogP contribution in [0, 0.1) is 0 Å². The molecule has 8 nitrogen and oxygen atoms in total. The molecule has 1 aromatic carbocycles. The van der Waals surface area contributed by atoms with E-state index in [1.165, 1.54) is 39.3 Å². The first-order valence-electron chi connectivity index (χ1n) is 8.67. The van der Waals surface area contributed by atoms with Gasteiger partial charge in [-0.15, -0.1) is 11.3 Å². The molecule has 4 rings (SSSR count). The number of benzene rings is 1. The lowest BCUT2D eigenvalue weighted by Gasteiger charge is -2.14. The van der Waals surface area contributed by atoms with E-state index in [-0.39, 0.29) is 22.7 Å². The molecule has 1 amide bonds. The molecule has 31 heavy (non-hydrogen) atoms. The highest BCUT2D eigenvalue weighted by Crippen LogP contribution is 2.33. The summed E-state index contributed by atoms with van der Waals surface area (Å²) in [6, 6.07) is 4.62. The number of alkyl halides is 3. The Balaban J connectivity index is 1.57. The van der Waals surface area contributed by atoms with Crippen LogP contribution in [0.2, 0.25) is 0 Å². The van der Waals surface area contributed by atoms with Gasteiger partial charge in [-0.05, 0) is 29.6 Å². The van der Waals surface area contributed by atoms with E-state index in [1.807, 2.05) is 0 Å². The molecule has 13 heteroatoms. The highest BCUT2D eigenvalue weighted by Gasteiger charge is 2.31. The summed E-state index contributed by atoms with van der Waals surface area (Å²) in [4.78, 5) is 33.6. The van der Waals surface area contributed by atoms with Gasteiger partial charge in [0.05, 0.1) is 28.1 Å². The van der Waals surface area contributed by atoms with Crippen molar-refractivity contribution in [3.63, 3.8) is 0 Å². The summed E-state index contributed by atoms with van der Waals surface area (Å²) in [5.41, 5.74) is -0.983. The van der Waals surface area contributed by atoms with Crippen molar-refractivity contribution in [3.8, 4) is 5.69 Å². The summed E-state index contributed by atoms with van der Waals surface area (Å²) in [6.45, 7) is 0. The number of rotatable bonds is 5. The summed E-state index contributed by atoms with van der Waals surface area (Å²) in [7, 11) is 1.54. The zero-order chi connectivity index (χ0) is 22.2. The van der Waals surface area contributed by atoms with Gasteiger partial charge < -0.3 is 5.32 Å².